The van der Waals surface area contributed by atoms with Crippen molar-refractivity contribution < 1.29 is 27.8 Å². The summed E-state index contributed by atoms with van der Waals surface area (Å²) in [6.07, 6.45) is -4.60. The minimum Gasteiger partial charge on any atom is -0.481 e. The highest BCUT2D eigenvalue weighted by Crippen LogP contribution is 2.32. The molecule has 6 nitrogen and oxygen atoms in total. The molecule has 1 aromatic heterocycles. The molecule has 1 N–H and O–H groups in total. The van der Waals surface area contributed by atoms with E-state index < -0.39 is 29.9 Å². The highest BCUT2D eigenvalue weighted by atomic mass is 32.1. The molecule has 1 aliphatic heterocycles. The molecular weight excluding hydrogens is 287 g/mol. The van der Waals surface area contributed by atoms with E-state index in [9.17, 15) is 18.0 Å². The van der Waals surface area contributed by atoms with Crippen LogP contribution in [-0.4, -0.2) is 46.7 Å². The first-order chi connectivity index (χ1) is 8.80. The summed E-state index contributed by atoms with van der Waals surface area (Å²) < 4.78 is 45.5. The van der Waals surface area contributed by atoms with Crippen LogP contribution in [0, 0.1) is 5.92 Å². The Morgan fingerprint density at radius 1 is 1.53 bits per heavy atom. The van der Waals surface area contributed by atoms with Crippen LogP contribution in [0.5, 0.6) is 0 Å². The van der Waals surface area contributed by atoms with Crippen LogP contribution in [0.15, 0.2) is 0 Å². The van der Waals surface area contributed by atoms with Gasteiger partial charge in [-0.2, -0.15) is 22.5 Å². The first kappa shape index (κ1) is 14.0. The van der Waals surface area contributed by atoms with Crippen LogP contribution in [0.2, 0.25) is 0 Å². The summed E-state index contributed by atoms with van der Waals surface area (Å²) in [5, 5.41) is 9.02. The van der Waals surface area contributed by atoms with Crippen molar-refractivity contribution in [2.45, 2.75) is 12.2 Å². The molecule has 2 rings (SSSR count). The van der Waals surface area contributed by atoms with Gasteiger partial charge in [-0.15, -0.1) is 0 Å². The van der Waals surface area contributed by atoms with E-state index in [1.54, 1.807) is 0 Å². The first-order valence-electron chi connectivity index (χ1n) is 5.25. The molecule has 19 heavy (non-hydrogen) atoms. The number of aromatic nitrogens is 2. The SMILES string of the molecule is CN(c1nc(C(F)(F)F)ns1)C1COCC1C(=O)O. The number of anilines is 1. The van der Waals surface area contributed by atoms with Gasteiger partial charge in [0.2, 0.25) is 11.0 Å². The van der Waals surface area contributed by atoms with Crippen LogP contribution >= 0.6 is 11.5 Å². The van der Waals surface area contributed by atoms with Gasteiger partial charge in [0.05, 0.1) is 19.3 Å². The number of nitrogens with zero attached hydrogens (tertiary/aromatic N) is 3. The molecule has 0 saturated carbocycles. The lowest BCUT2D eigenvalue weighted by Crippen LogP contribution is -2.40. The van der Waals surface area contributed by atoms with Crippen molar-refractivity contribution in [1.29, 1.82) is 0 Å². The van der Waals surface area contributed by atoms with Gasteiger partial charge in [-0.05, 0) is 0 Å². The van der Waals surface area contributed by atoms with Gasteiger partial charge < -0.3 is 14.7 Å². The third-order valence-electron chi connectivity index (χ3n) is 2.84. The Morgan fingerprint density at radius 2 is 2.21 bits per heavy atom. The van der Waals surface area contributed by atoms with E-state index in [-0.39, 0.29) is 18.3 Å². The van der Waals surface area contributed by atoms with Crippen molar-refractivity contribution in [3.8, 4) is 0 Å². The van der Waals surface area contributed by atoms with Crippen LogP contribution < -0.4 is 4.90 Å². The van der Waals surface area contributed by atoms with Gasteiger partial charge in [-0.1, -0.05) is 0 Å². The third-order valence-corrected chi connectivity index (χ3v) is 3.64. The molecule has 1 aliphatic rings. The fourth-order valence-corrected chi connectivity index (χ4v) is 2.48. The Kier molecular flexibility index (Phi) is 3.63. The van der Waals surface area contributed by atoms with Crippen molar-refractivity contribution in [1.82, 2.24) is 9.36 Å². The molecule has 0 aromatic carbocycles. The number of halogens is 3. The number of hydrogen-bond acceptors (Lipinski definition) is 6. The zero-order valence-corrected chi connectivity index (χ0v) is 10.5. The van der Waals surface area contributed by atoms with Crippen molar-refractivity contribution in [2.75, 3.05) is 25.2 Å². The fraction of sp³-hybridized carbons (Fsp3) is 0.667. The first-order valence-corrected chi connectivity index (χ1v) is 6.02. The Morgan fingerprint density at radius 3 is 2.74 bits per heavy atom. The van der Waals surface area contributed by atoms with E-state index in [0.29, 0.717) is 11.5 Å². The minimum atomic E-state index is -4.60. The van der Waals surface area contributed by atoms with Gasteiger partial charge in [0.1, 0.15) is 5.92 Å². The summed E-state index contributed by atoms with van der Waals surface area (Å²) >= 11 is 0.581. The monoisotopic (exact) mass is 297 g/mol. The molecule has 10 heteroatoms. The lowest BCUT2D eigenvalue weighted by Gasteiger charge is -2.25. The highest BCUT2D eigenvalue weighted by Gasteiger charge is 2.40. The molecule has 0 amide bonds. The zero-order valence-electron chi connectivity index (χ0n) is 9.72. The number of ether oxygens (including phenoxy) is 1. The summed E-state index contributed by atoms with van der Waals surface area (Å²) in [5.41, 5.74) is 0. The Bertz CT molecular complexity index is 479. The fourth-order valence-electron chi connectivity index (χ4n) is 1.78. The largest absolute Gasteiger partial charge is 0.481 e. The number of rotatable bonds is 3. The summed E-state index contributed by atoms with van der Waals surface area (Å²) in [5.74, 6) is -3.05. The van der Waals surface area contributed by atoms with Gasteiger partial charge in [0, 0.05) is 18.6 Å². The molecule has 106 valence electrons. The predicted octanol–water partition coefficient (Wildman–Crippen LogP) is 1.09. The van der Waals surface area contributed by atoms with Crippen molar-refractivity contribution in [3.05, 3.63) is 5.82 Å². The van der Waals surface area contributed by atoms with Gasteiger partial charge >= 0.3 is 12.1 Å². The van der Waals surface area contributed by atoms with Gasteiger partial charge in [-0.3, -0.25) is 4.79 Å². The summed E-state index contributed by atoms with van der Waals surface area (Å²) in [7, 11) is 1.48. The lowest BCUT2D eigenvalue weighted by molar-refractivity contribution is -0.144. The third kappa shape index (κ3) is 2.78. The number of likely N-dealkylation sites (N-methyl/N-ethyl adjacent to an activating group) is 1. The molecular formula is C9H10F3N3O3S. The molecule has 0 aliphatic carbocycles. The molecule has 1 aromatic rings. The van der Waals surface area contributed by atoms with E-state index >= 15 is 0 Å². The summed E-state index contributed by atoms with van der Waals surface area (Å²) in [6.45, 7) is 0.170. The smallest absolute Gasteiger partial charge is 0.452 e. The van der Waals surface area contributed by atoms with Crippen molar-refractivity contribution >= 4 is 22.6 Å². The standard InChI is InChI=1S/C9H10F3N3O3S/c1-15(5-3-18-2-4(5)6(16)17)8-13-7(14-19-8)9(10,11)12/h4-5H,2-3H2,1H3,(H,16,17). The minimum absolute atomic E-state index is 0.0223. The van der Waals surface area contributed by atoms with E-state index in [0.717, 1.165) is 0 Å². The molecule has 2 atom stereocenters. The summed E-state index contributed by atoms with van der Waals surface area (Å²) in [6, 6.07) is -0.550. The second-order valence-corrected chi connectivity index (χ2v) is 4.79. The van der Waals surface area contributed by atoms with Gasteiger partial charge in [-0.25, -0.2) is 0 Å². The van der Waals surface area contributed by atoms with E-state index in [2.05, 4.69) is 9.36 Å². The number of alkyl halides is 3. The topological polar surface area (TPSA) is 75.5 Å². The maximum atomic E-state index is 12.4. The number of carboxylic acid groups (broad SMARTS) is 1. The molecule has 0 spiro atoms. The van der Waals surface area contributed by atoms with Crippen LogP contribution in [0.3, 0.4) is 0 Å². The molecule has 1 fully saturated rings. The number of aliphatic carboxylic acids is 1. The lowest BCUT2D eigenvalue weighted by atomic mass is 10.0. The number of hydrogen-bond donors (Lipinski definition) is 1. The number of carbonyl (C=O) groups is 1. The normalized spacial score (nSPS) is 23.6. The van der Waals surface area contributed by atoms with Crippen LogP contribution in [0.25, 0.3) is 0 Å². The quantitative estimate of drug-likeness (QED) is 0.900. The van der Waals surface area contributed by atoms with E-state index in [1.807, 2.05) is 0 Å². The molecule has 1 saturated heterocycles. The van der Waals surface area contributed by atoms with Crippen molar-refractivity contribution in [3.63, 3.8) is 0 Å². The predicted molar refractivity (Wildman–Crippen MR) is 59.0 cm³/mol. The molecule has 2 heterocycles. The average Bonchev–Trinajstić information content (AvgIpc) is 2.96. The van der Waals surface area contributed by atoms with Crippen LogP contribution in [0.4, 0.5) is 18.3 Å². The molecule has 0 radical (unpaired) electrons. The Balaban J connectivity index is 2.17. The second-order valence-electron chi connectivity index (χ2n) is 4.06. The summed E-state index contributed by atoms with van der Waals surface area (Å²) in [4.78, 5) is 15.7. The van der Waals surface area contributed by atoms with Crippen LogP contribution in [0.1, 0.15) is 5.82 Å². The van der Waals surface area contributed by atoms with Gasteiger partial charge in [0.25, 0.3) is 0 Å². The van der Waals surface area contributed by atoms with Crippen LogP contribution in [-0.2, 0) is 15.7 Å². The Hall–Kier alpha value is -1.42. The number of carboxylic acids is 1. The maximum absolute atomic E-state index is 12.4. The van der Waals surface area contributed by atoms with E-state index in [1.165, 1.54) is 11.9 Å². The average molecular weight is 297 g/mol. The molecule has 0 bridgehead atoms. The Labute approximate surface area is 110 Å². The van der Waals surface area contributed by atoms with Crippen molar-refractivity contribution in [2.24, 2.45) is 5.92 Å². The molecule has 2 unspecified atom stereocenters. The van der Waals surface area contributed by atoms with E-state index in [4.69, 9.17) is 9.84 Å². The maximum Gasteiger partial charge on any atom is 0.452 e. The highest BCUT2D eigenvalue weighted by molar-refractivity contribution is 7.09. The van der Waals surface area contributed by atoms with Gasteiger partial charge in [0.15, 0.2) is 0 Å². The second kappa shape index (κ2) is 4.93. The zero-order chi connectivity index (χ0) is 14.2.